The summed E-state index contributed by atoms with van der Waals surface area (Å²) in [5, 5.41) is 6.31. The summed E-state index contributed by atoms with van der Waals surface area (Å²) in [6.07, 6.45) is 1.35. The van der Waals surface area contributed by atoms with E-state index in [1.807, 2.05) is 6.92 Å². The van der Waals surface area contributed by atoms with Crippen LogP contribution in [0.2, 0.25) is 0 Å². The lowest BCUT2D eigenvalue weighted by Gasteiger charge is -2.35. The molecular formula is C21H33N3O. The quantitative estimate of drug-likeness (QED) is 0.835. The Kier molecular flexibility index (Phi) is 6.13. The van der Waals surface area contributed by atoms with Crippen LogP contribution in [0.15, 0.2) is 24.3 Å². The lowest BCUT2D eigenvalue weighted by atomic mass is 9.88. The average molecular weight is 344 g/mol. The molecule has 2 heterocycles. The standard InChI is InChI=1S/C21H33N3O/c1-15-8-16(2)13-24(12-15)14-19-6-4-18(5-7-19)9-23-21(25)17(3)20-10-22-11-20/h4-7,15-17,20,22H,8-14H2,1-3H3,(H,23,25). The molecule has 2 N–H and O–H groups in total. The predicted molar refractivity (Wildman–Crippen MR) is 102 cm³/mol. The third-order valence-corrected chi connectivity index (χ3v) is 5.77. The summed E-state index contributed by atoms with van der Waals surface area (Å²) in [5.74, 6) is 2.37. The fourth-order valence-electron chi connectivity index (χ4n) is 4.17. The Labute approximate surface area is 152 Å². The van der Waals surface area contributed by atoms with E-state index in [1.165, 1.54) is 30.6 Å². The number of rotatable bonds is 6. The second-order valence-electron chi connectivity index (χ2n) is 8.38. The number of piperidine rings is 1. The molecule has 0 saturated carbocycles. The first-order valence-electron chi connectivity index (χ1n) is 9.80. The molecule has 0 aliphatic carbocycles. The van der Waals surface area contributed by atoms with Crippen LogP contribution >= 0.6 is 0 Å². The second kappa shape index (κ2) is 8.33. The van der Waals surface area contributed by atoms with Crippen molar-refractivity contribution >= 4 is 5.91 Å². The third kappa shape index (κ3) is 5.05. The van der Waals surface area contributed by atoms with Gasteiger partial charge >= 0.3 is 0 Å². The van der Waals surface area contributed by atoms with E-state index in [0.29, 0.717) is 12.5 Å². The summed E-state index contributed by atoms with van der Waals surface area (Å²) >= 11 is 0. The Morgan fingerprint density at radius 1 is 1.16 bits per heavy atom. The van der Waals surface area contributed by atoms with Gasteiger partial charge in [0.2, 0.25) is 5.91 Å². The van der Waals surface area contributed by atoms with Crippen LogP contribution in [0.4, 0.5) is 0 Å². The predicted octanol–water partition coefficient (Wildman–Crippen LogP) is 2.64. The van der Waals surface area contributed by atoms with E-state index in [1.54, 1.807) is 0 Å². The zero-order chi connectivity index (χ0) is 17.8. The van der Waals surface area contributed by atoms with Gasteiger partial charge in [0.15, 0.2) is 0 Å². The van der Waals surface area contributed by atoms with Gasteiger partial charge in [-0.1, -0.05) is 45.0 Å². The largest absolute Gasteiger partial charge is 0.352 e. The maximum atomic E-state index is 12.2. The average Bonchev–Trinajstić information content (AvgIpc) is 2.51. The van der Waals surface area contributed by atoms with E-state index in [0.717, 1.165) is 31.5 Å². The Balaban J connectivity index is 1.46. The molecule has 4 heteroatoms. The van der Waals surface area contributed by atoms with E-state index in [9.17, 15) is 4.79 Å². The summed E-state index contributed by atoms with van der Waals surface area (Å²) < 4.78 is 0. The van der Waals surface area contributed by atoms with Gasteiger partial charge in [-0.25, -0.2) is 0 Å². The molecule has 138 valence electrons. The molecule has 3 rings (SSSR count). The van der Waals surface area contributed by atoms with Gasteiger partial charge in [-0.3, -0.25) is 9.69 Å². The number of hydrogen-bond acceptors (Lipinski definition) is 3. The van der Waals surface area contributed by atoms with Crippen molar-refractivity contribution in [3.8, 4) is 0 Å². The maximum absolute atomic E-state index is 12.2. The Hall–Kier alpha value is -1.39. The highest BCUT2D eigenvalue weighted by Gasteiger charge is 2.28. The number of likely N-dealkylation sites (tertiary alicyclic amines) is 1. The van der Waals surface area contributed by atoms with Gasteiger partial charge in [-0.05, 0) is 48.4 Å². The molecule has 1 aromatic carbocycles. The van der Waals surface area contributed by atoms with Crippen LogP contribution < -0.4 is 10.6 Å². The second-order valence-corrected chi connectivity index (χ2v) is 8.38. The zero-order valence-corrected chi connectivity index (χ0v) is 15.9. The molecule has 4 nitrogen and oxygen atoms in total. The normalized spacial score (nSPS) is 26.0. The van der Waals surface area contributed by atoms with Crippen LogP contribution in [0.5, 0.6) is 0 Å². The van der Waals surface area contributed by atoms with Gasteiger partial charge in [0.1, 0.15) is 0 Å². The Morgan fingerprint density at radius 2 is 1.76 bits per heavy atom. The molecule has 1 amide bonds. The topological polar surface area (TPSA) is 44.4 Å². The number of carbonyl (C=O) groups excluding carboxylic acids is 1. The Morgan fingerprint density at radius 3 is 2.32 bits per heavy atom. The third-order valence-electron chi connectivity index (χ3n) is 5.77. The highest BCUT2D eigenvalue weighted by atomic mass is 16.1. The fraction of sp³-hybridized carbons (Fsp3) is 0.667. The summed E-state index contributed by atoms with van der Waals surface area (Å²) in [4.78, 5) is 14.8. The van der Waals surface area contributed by atoms with Crippen LogP contribution in [0.1, 0.15) is 38.3 Å². The lowest BCUT2D eigenvalue weighted by molar-refractivity contribution is -0.126. The van der Waals surface area contributed by atoms with Crippen molar-refractivity contribution in [2.45, 2.75) is 40.3 Å². The number of nitrogens with one attached hydrogen (secondary N) is 2. The van der Waals surface area contributed by atoms with Crippen LogP contribution in [-0.4, -0.2) is 37.0 Å². The summed E-state index contributed by atoms with van der Waals surface area (Å²) in [6.45, 7) is 12.8. The van der Waals surface area contributed by atoms with Crippen molar-refractivity contribution < 1.29 is 4.79 Å². The molecule has 3 atom stereocenters. The molecular weight excluding hydrogens is 310 g/mol. The van der Waals surface area contributed by atoms with Crippen LogP contribution in [0.3, 0.4) is 0 Å². The highest BCUT2D eigenvalue weighted by Crippen LogP contribution is 2.22. The number of amides is 1. The number of nitrogens with zero attached hydrogens (tertiary/aromatic N) is 1. The van der Waals surface area contributed by atoms with Crippen LogP contribution in [0, 0.1) is 23.7 Å². The zero-order valence-electron chi connectivity index (χ0n) is 15.9. The van der Waals surface area contributed by atoms with Crippen LogP contribution in [-0.2, 0) is 17.9 Å². The van der Waals surface area contributed by atoms with Crippen LogP contribution in [0.25, 0.3) is 0 Å². The van der Waals surface area contributed by atoms with Gasteiger partial charge < -0.3 is 10.6 Å². The van der Waals surface area contributed by atoms with Crippen molar-refractivity contribution in [2.24, 2.45) is 23.7 Å². The van der Waals surface area contributed by atoms with Gasteiger partial charge in [0.05, 0.1) is 0 Å². The van der Waals surface area contributed by atoms with Gasteiger partial charge in [0.25, 0.3) is 0 Å². The molecule has 2 fully saturated rings. The van der Waals surface area contributed by atoms with Gasteiger partial charge in [-0.2, -0.15) is 0 Å². The highest BCUT2D eigenvalue weighted by molar-refractivity contribution is 5.78. The molecule has 3 unspecified atom stereocenters. The number of hydrogen-bond donors (Lipinski definition) is 2. The summed E-state index contributed by atoms with van der Waals surface area (Å²) in [5.41, 5.74) is 2.54. The Bertz CT molecular complexity index is 557. The SMILES string of the molecule is CC1CC(C)CN(Cc2ccc(CNC(=O)C(C)C3CNC3)cc2)C1. The van der Waals surface area contributed by atoms with Crippen molar-refractivity contribution in [3.05, 3.63) is 35.4 Å². The van der Waals surface area contributed by atoms with Gasteiger partial charge in [-0.15, -0.1) is 0 Å². The molecule has 2 aliphatic heterocycles. The minimum absolute atomic E-state index is 0.101. The fourth-order valence-corrected chi connectivity index (χ4v) is 4.17. The minimum atomic E-state index is 0.101. The van der Waals surface area contributed by atoms with Crippen molar-refractivity contribution in [1.82, 2.24) is 15.5 Å². The van der Waals surface area contributed by atoms with Gasteiger partial charge in [0, 0.05) is 32.1 Å². The summed E-state index contributed by atoms with van der Waals surface area (Å²) in [7, 11) is 0. The first kappa shape index (κ1) is 18.4. The molecule has 0 aromatic heterocycles. The first-order valence-corrected chi connectivity index (χ1v) is 9.80. The lowest BCUT2D eigenvalue weighted by Crippen LogP contribution is -2.49. The van der Waals surface area contributed by atoms with Crippen molar-refractivity contribution in [2.75, 3.05) is 26.2 Å². The maximum Gasteiger partial charge on any atom is 0.223 e. The van der Waals surface area contributed by atoms with Crippen molar-refractivity contribution in [3.63, 3.8) is 0 Å². The number of carbonyl (C=O) groups is 1. The molecule has 1 aromatic rings. The van der Waals surface area contributed by atoms with E-state index >= 15 is 0 Å². The molecule has 25 heavy (non-hydrogen) atoms. The minimum Gasteiger partial charge on any atom is -0.352 e. The molecule has 0 spiro atoms. The van der Waals surface area contributed by atoms with E-state index in [2.05, 4.69) is 53.6 Å². The number of benzene rings is 1. The molecule has 0 bridgehead atoms. The monoisotopic (exact) mass is 343 g/mol. The van der Waals surface area contributed by atoms with Crippen molar-refractivity contribution in [1.29, 1.82) is 0 Å². The smallest absolute Gasteiger partial charge is 0.223 e. The summed E-state index contributed by atoms with van der Waals surface area (Å²) in [6, 6.07) is 8.74. The molecule has 0 radical (unpaired) electrons. The molecule has 2 saturated heterocycles. The first-order chi connectivity index (χ1) is 12.0. The van der Waals surface area contributed by atoms with E-state index < -0.39 is 0 Å². The molecule has 2 aliphatic rings. The van der Waals surface area contributed by atoms with E-state index in [4.69, 9.17) is 0 Å². The van der Waals surface area contributed by atoms with E-state index in [-0.39, 0.29) is 11.8 Å².